The number of rotatable bonds is 7. The van der Waals surface area contributed by atoms with Crippen molar-refractivity contribution in [3.8, 4) is 5.75 Å². The molecular weight excluding hydrogens is 242 g/mol. The first-order valence-corrected chi connectivity index (χ1v) is 6.12. The van der Waals surface area contributed by atoms with Crippen molar-refractivity contribution >= 4 is 12.0 Å². The molecule has 0 saturated carbocycles. The van der Waals surface area contributed by atoms with Crippen LogP contribution < -0.4 is 10.5 Å². The summed E-state index contributed by atoms with van der Waals surface area (Å²) in [7, 11) is 1.63. The third-order valence-corrected chi connectivity index (χ3v) is 2.34. The molecule has 4 nitrogen and oxygen atoms in total. The molecule has 0 aliphatic heterocycles. The van der Waals surface area contributed by atoms with Gasteiger partial charge in [-0.15, -0.1) is 0 Å². The normalized spacial score (nSPS) is 11.1. The van der Waals surface area contributed by atoms with Crippen molar-refractivity contribution < 1.29 is 14.3 Å². The number of hydrogen-bond donors (Lipinski definition) is 1. The Labute approximate surface area is 113 Å². The third kappa shape index (κ3) is 6.43. The first-order chi connectivity index (χ1) is 9.26. The van der Waals surface area contributed by atoms with Gasteiger partial charge >= 0.3 is 5.97 Å². The van der Waals surface area contributed by atoms with Gasteiger partial charge in [-0.25, -0.2) is 4.79 Å². The number of methoxy groups -OCH3 is 1. The molecule has 4 heteroatoms. The van der Waals surface area contributed by atoms with E-state index >= 15 is 0 Å². The van der Waals surface area contributed by atoms with Crippen LogP contribution in [0.1, 0.15) is 12.0 Å². The molecule has 0 aliphatic rings. The zero-order chi connectivity index (χ0) is 13.9. The molecule has 0 radical (unpaired) electrons. The number of carbonyl (C=O) groups is 1. The van der Waals surface area contributed by atoms with Crippen LogP contribution in [0.5, 0.6) is 5.75 Å². The molecule has 0 spiro atoms. The first kappa shape index (κ1) is 15.0. The maximum absolute atomic E-state index is 11.2. The lowest BCUT2D eigenvalue weighted by atomic mass is 10.2. The van der Waals surface area contributed by atoms with Crippen LogP contribution in [0.4, 0.5) is 0 Å². The fourth-order valence-electron chi connectivity index (χ4n) is 1.32. The second kappa shape index (κ2) is 8.94. The quantitative estimate of drug-likeness (QED) is 0.353. The van der Waals surface area contributed by atoms with Crippen molar-refractivity contribution in [1.82, 2.24) is 0 Å². The van der Waals surface area contributed by atoms with Gasteiger partial charge in [-0.1, -0.05) is 30.4 Å². The summed E-state index contributed by atoms with van der Waals surface area (Å²) in [5.41, 5.74) is 6.32. The van der Waals surface area contributed by atoms with Gasteiger partial charge in [0.1, 0.15) is 5.75 Å². The van der Waals surface area contributed by atoms with Crippen LogP contribution in [-0.4, -0.2) is 26.2 Å². The highest BCUT2D eigenvalue weighted by Crippen LogP contribution is 2.12. The Hall–Kier alpha value is -2.07. The highest BCUT2D eigenvalue weighted by Gasteiger charge is 1.94. The Bertz CT molecular complexity index is 435. The topological polar surface area (TPSA) is 61.5 Å². The molecule has 1 aromatic rings. The molecule has 0 unspecified atom stereocenters. The van der Waals surface area contributed by atoms with Gasteiger partial charge in [0.2, 0.25) is 0 Å². The van der Waals surface area contributed by atoms with Crippen LogP contribution in [0.15, 0.2) is 42.5 Å². The maximum Gasteiger partial charge on any atom is 0.330 e. The van der Waals surface area contributed by atoms with Crippen LogP contribution in [0, 0.1) is 0 Å². The summed E-state index contributed by atoms with van der Waals surface area (Å²) in [5.74, 6) is 0.462. The zero-order valence-electron chi connectivity index (χ0n) is 11.0. The van der Waals surface area contributed by atoms with Gasteiger partial charge in [-0.05, 0) is 30.7 Å². The largest absolute Gasteiger partial charge is 0.497 e. The van der Waals surface area contributed by atoms with Gasteiger partial charge in [0.05, 0.1) is 13.7 Å². The van der Waals surface area contributed by atoms with Gasteiger partial charge in [-0.3, -0.25) is 0 Å². The molecule has 0 fully saturated rings. The molecule has 19 heavy (non-hydrogen) atoms. The number of esters is 1. The summed E-state index contributed by atoms with van der Waals surface area (Å²) in [6.07, 6.45) is 7.39. The number of hydrogen-bond acceptors (Lipinski definition) is 4. The lowest BCUT2D eigenvalue weighted by Gasteiger charge is -1.99. The molecule has 0 aromatic heterocycles. The predicted molar refractivity (Wildman–Crippen MR) is 75.8 cm³/mol. The van der Waals surface area contributed by atoms with E-state index in [-0.39, 0.29) is 5.97 Å². The van der Waals surface area contributed by atoms with E-state index in [1.165, 1.54) is 6.08 Å². The molecule has 0 atom stereocenters. The van der Waals surface area contributed by atoms with Gasteiger partial charge in [0.25, 0.3) is 0 Å². The Balaban J connectivity index is 2.37. The highest BCUT2D eigenvalue weighted by atomic mass is 16.5. The molecule has 1 aromatic carbocycles. The van der Waals surface area contributed by atoms with Crippen molar-refractivity contribution in [2.45, 2.75) is 6.42 Å². The molecule has 102 valence electrons. The second-order valence-electron chi connectivity index (χ2n) is 3.80. The second-order valence-corrected chi connectivity index (χ2v) is 3.80. The lowest BCUT2D eigenvalue weighted by molar-refractivity contribution is -0.137. The van der Waals surface area contributed by atoms with Crippen molar-refractivity contribution in [3.63, 3.8) is 0 Å². The van der Waals surface area contributed by atoms with E-state index in [0.29, 0.717) is 19.6 Å². The molecule has 1 rings (SSSR count). The SMILES string of the molecule is COc1ccc(/C=C/C=C/C(=O)OCCCN)cc1. The highest BCUT2D eigenvalue weighted by molar-refractivity contribution is 5.82. The summed E-state index contributed by atoms with van der Waals surface area (Å²) >= 11 is 0. The van der Waals surface area contributed by atoms with Crippen molar-refractivity contribution in [2.75, 3.05) is 20.3 Å². The molecular formula is C15H19NO3. The summed E-state index contributed by atoms with van der Waals surface area (Å²) in [6.45, 7) is 0.885. The average molecular weight is 261 g/mol. The minimum absolute atomic E-state index is 0.354. The number of benzene rings is 1. The fourth-order valence-corrected chi connectivity index (χ4v) is 1.32. The summed E-state index contributed by atoms with van der Waals surface area (Å²) < 4.78 is 9.97. The lowest BCUT2D eigenvalue weighted by Crippen LogP contribution is -2.07. The Morgan fingerprint density at radius 3 is 2.63 bits per heavy atom. The molecule has 0 heterocycles. The van der Waals surface area contributed by atoms with Crippen LogP contribution in [0.2, 0.25) is 0 Å². The van der Waals surface area contributed by atoms with Gasteiger partial charge < -0.3 is 15.2 Å². The van der Waals surface area contributed by atoms with E-state index in [2.05, 4.69) is 0 Å². The van der Waals surface area contributed by atoms with Gasteiger partial charge in [0.15, 0.2) is 0 Å². The fraction of sp³-hybridized carbons (Fsp3) is 0.267. The molecule has 0 aliphatic carbocycles. The number of ether oxygens (including phenoxy) is 2. The van der Waals surface area contributed by atoms with Crippen LogP contribution in [0.3, 0.4) is 0 Å². The smallest absolute Gasteiger partial charge is 0.330 e. The van der Waals surface area contributed by atoms with E-state index in [9.17, 15) is 4.79 Å². The minimum atomic E-state index is -0.354. The number of nitrogens with two attached hydrogens (primary N) is 1. The first-order valence-electron chi connectivity index (χ1n) is 6.12. The van der Waals surface area contributed by atoms with E-state index in [1.807, 2.05) is 30.3 Å². The number of allylic oxidation sites excluding steroid dienone is 2. The summed E-state index contributed by atoms with van der Waals surface area (Å²) in [6, 6.07) is 7.63. The molecule has 0 bridgehead atoms. The molecule has 0 saturated heterocycles. The molecule has 0 amide bonds. The van der Waals surface area contributed by atoms with Crippen LogP contribution >= 0.6 is 0 Å². The average Bonchev–Trinajstić information content (AvgIpc) is 2.44. The van der Waals surface area contributed by atoms with Crippen molar-refractivity contribution in [1.29, 1.82) is 0 Å². The third-order valence-electron chi connectivity index (χ3n) is 2.34. The molecule has 2 N–H and O–H groups in total. The van der Waals surface area contributed by atoms with Crippen molar-refractivity contribution in [2.24, 2.45) is 5.73 Å². The Kier molecular flexibility index (Phi) is 7.05. The number of carbonyl (C=O) groups excluding carboxylic acids is 1. The Morgan fingerprint density at radius 1 is 1.26 bits per heavy atom. The maximum atomic E-state index is 11.2. The zero-order valence-corrected chi connectivity index (χ0v) is 11.0. The van der Waals surface area contributed by atoms with Crippen molar-refractivity contribution in [3.05, 3.63) is 48.1 Å². The van der Waals surface area contributed by atoms with E-state index < -0.39 is 0 Å². The standard InChI is InChI=1S/C15H19NO3/c1-18-14-9-7-13(8-10-14)5-2-3-6-15(17)19-12-4-11-16/h2-3,5-10H,4,11-12,16H2,1H3/b5-2+,6-3+. The van der Waals surface area contributed by atoms with Crippen LogP contribution in [0.25, 0.3) is 6.08 Å². The van der Waals surface area contributed by atoms with Gasteiger partial charge in [0, 0.05) is 6.08 Å². The van der Waals surface area contributed by atoms with E-state index in [4.69, 9.17) is 15.2 Å². The summed E-state index contributed by atoms with van der Waals surface area (Å²) in [4.78, 5) is 11.2. The Morgan fingerprint density at radius 2 is 2.00 bits per heavy atom. The van der Waals surface area contributed by atoms with Crippen LogP contribution in [-0.2, 0) is 9.53 Å². The van der Waals surface area contributed by atoms with E-state index in [1.54, 1.807) is 19.3 Å². The summed E-state index contributed by atoms with van der Waals surface area (Å²) in [5, 5.41) is 0. The monoisotopic (exact) mass is 261 g/mol. The minimum Gasteiger partial charge on any atom is -0.497 e. The van der Waals surface area contributed by atoms with E-state index in [0.717, 1.165) is 11.3 Å². The predicted octanol–water partition coefficient (Wildman–Crippen LogP) is 2.16. The van der Waals surface area contributed by atoms with Gasteiger partial charge in [-0.2, -0.15) is 0 Å².